The maximum atomic E-state index is 8.95. The molecule has 0 aliphatic carbocycles. The Hall–Kier alpha value is -2.39. The van der Waals surface area contributed by atoms with Crippen molar-refractivity contribution in [2.24, 2.45) is 5.92 Å². The number of aromatic amines is 1. The predicted molar refractivity (Wildman–Crippen MR) is 82.2 cm³/mol. The van der Waals surface area contributed by atoms with Crippen molar-refractivity contribution < 1.29 is 4.74 Å². The maximum absolute atomic E-state index is 8.95. The van der Waals surface area contributed by atoms with Crippen LogP contribution in [0.4, 0.5) is 5.82 Å². The van der Waals surface area contributed by atoms with Crippen molar-refractivity contribution in [1.82, 2.24) is 15.2 Å². The summed E-state index contributed by atoms with van der Waals surface area (Å²) in [6.07, 6.45) is 5.97. The largest absolute Gasteiger partial charge is 0.373 e. The summed E-state index contributed by atoms with van der Waals surface area (Å²) in [5, 5.41) is 19.2. The van der Waals surface area contributed by atoms with Gasteiger partial charge in [-0.3, -0.25) is 5.10 Å². The van der Waals surface area contributed by atoms with Gasteiger partial charge in [-0.15, -0.1) is 0 Å². The highest BCUT2D eigenvalue weighted by Crippen LogP contribution is 2.33. The number of aryl methyl sites for hydroxylation is 1. The van der Waals surface area contributed by atoms with Crippen LogP contribution in [0.15, 0.2) is 24.5 Å². The Morgan fingerprint density at radius 1 is 1.50 bits per heavy atom. The maximum Gasteiger partial charge on any atom is 0.126 e. The molecular weight excluding hydrogens is 278 g/mol. The van der Waals surface area contributed by atoms with Gasteiger partial charge < -0.3 is 10.1 Å². The topological polar surface area (TPSA) is 86.6 Å². The van der Waals surface area contributed by atoms with E-state index in [9.17, 15) is 0 Å². The van der Waals surface area contributed by atoms with Gasteiger partial charge in [0, 0.05) is 30.8 Å². The minimum atomic E-state index is 0.0690. The summed E-state index contributed by atoms with van der Waals surface area (Å²) in [5.74, 6) is 1.18. The summed E-state index contributed by atoms with van der Waals surface area (Å²) in [7, 11) is 0. The molecule has 1 fully saturated rings. The van der Waals surface area contributed by atoms with E-state index in [0.717, 1.165) is 43.1 Å². The quantitative estimate of drug-likeness (QED) is 0.905. The van der Waals surface area contributed by atoms with Crippen LogP contribution in [0.25, 0.3) is 0 Å². The molecule has 22 heavy (non-hydrogen) atoms. The first kappa shape index (κ1) is 14.5. The number of nitrogens with zero attached hydrogens (tertiary/aromatic N) is 3. The highest BCUT2D eigenvalue weighted by molar-refractivity contribution is 5.43. The van der Waals surface area contributed by atoms with Crippen LogP contribution in [-0.2, 0) is 4.74 Å². The van der Waals surface area contributed by atoms with Crippen LogP contribution in [-0.4, -0.2) is 28.3 Å². The van der Waals surface area contributed by atoms with E-state index in [2.05, 4.69) is 26.6 Å². The molecule has 2 atom stereocenters. The molecule has 1 aliphatic heterocycles. The molecule has 3 heterocycles. The van der Waals surface area contributed by atoms with Crippen LogP contribution >= 0.6 is 0 Å². The minimum absolute atomic E-state index is 0.0690. The van der Waals surface area contributed by atoms with Gasteiger partial charge >= 0.3 is 0 Å². The number of nitrogens with one attached hydrogen (secondary N) is 2. The Morgan fingerprint density at radius 3 is 3.14 bits per heavy atom. The van der Waals surface area contributed by atoms with Crippen molar-refractivity contribution in [3.05, 3.63) is 41.3 Å². The molecule has 3 rings (SSSR count). The van der Waals surface area contributed by atoms with Crippen LogP contribution in [0.5, 0.6) is 0 Å². The second kappa shape index (κ2) is 6.58. The van der Waals surface area contributed by atoms with Crippen molar-refractivity contribution in [2.75, 3.05) is 18.5 Å². The standard InChI is InChI=1S/C16H19N5O/c1-11-12(7-17)4-5-15(21-11)18-8-13-3-2-6-22-16(13)14-9-19-20-10-14/h4-5,9-10,13,16H,2-3,6,8H2,1H3,(H,18,21)(H,19,20)/t13-,16+/m0/s1. The average Bonchev–Trinajstić information content (AvgIpc) is 3.07. The first-order valence-electron chi connectivity index (χ1n) is 7.50. The summed E-state index contributed by atoms with van der Waals surface area (Å²) < 4.78 is 5.92. The third-order valence-corrected chi connectivity index (χ3v) is 4.04. The number of anilines is 1. The van der Waals surface area contributed by atoms with Gasteiger partial charge in [0.05, 0.1) is 23.6 Å². The fourth-order valence-corrected chi connectivity index (χ4v) is 2.85. The Labute approximate surface area is 129 Å². The van der Waals surface area contributed by atoms with Gasteiger partial charge in [-0.05, 0) is 31.9 Å². The van der Waals surface area contributed by atoms with Crippen molar-refractivity contribution in [3.63, 3.8) is 0 Å². The lowest BCUT2D eigenvalue weighted by Crippen LogP contribution is -2.28. The number of ether oxygens (including phenoxy) is 1. The highest BCUT2D eigenvalue weighted by Gasteiger charge is 2.28. The lowest BCUT2D eigenvalue weighted by Gasteiger charge is -2.31. The van der Waals surface area contributed by atoms with Gasteiger partial charge in [0.1, 0.15) is 11.9 Å². The Balaban J connectivity index is 1.66. The third kappa shape index (κ3) is 3.10. The summed E-state index contributed by atoms with van der Waals surface area (Å²) in [6, 6.07) is 5.78. The predicted octanol–water partition coefficient (Wildman–Crippen LogP) is 2.56. The molecule has 114 valence electrons. The van der Waals surface area contributed by atoms with Gasteiger partial charge in [0.25, 0.3) is 0 Å². The normalized spacial score (nSPS) is 21.3. The Kier molecular flexibility index (Phi) is 4.35. The molecule has 1 aliphatic rings. The van der Waals surface area contributed by atoms with E-state index in [4.69, 9.17) is 10.00 Å². The van der Waals surface area contributed by atoms with Crippen LogP contribution in [0.3, 0.4) is 0 Å². The summed E-state index contributed by atoms with van der Waals surface area (Å²) in [5.41, 5.74) is 2.46. The first-order chi connectivity index (χ1) is 10.8. The van der Waals surface area contributed by atoms with E-state index in [0.29, 0.717) is 11.5 Å². The zero-order valence-electron chi connectivity index (χ0n) is 12.5. The van der Waals surface area contributed by atoms with Crippen LogP contribution in [0.2, 0.25) is 0 Å². The Morgan fingerprint density at radius 2 is 2.41 bits per heavy atom. The number of nitriles is 1. The summed E-state index contributed by atoms with van der Waals surface area (Å²) in [4.78, 5) is 4.42. The van der Waals surface area contributed by atoms with Crippen LogP contribution in [0, 0.1) is 24.2 Å². The van der Waals surface area contributed by atoms with Gasteiger partial charge in [0.2, 0.25) is 0 Å². The SMILES string of the molecule is Cc1nc(NC[C@@H]2CCCO[C@H]2c2cn[nH]c2)ccc1C#N. The van der Waals surface area contributed by atoms with Crippen molar-refractivity contribution in [1.29, 1.82) is 5.26 Å². The number of hydrogen-bond donors (Lipinski definition) is 2. The molecule has 2 aromatic heterocycles. The van der Waals surface area contributed by atoms with Crippen molar-refractivity contribution >= 4 is 5.82 Å². The summed E-state index contributed by atoms with van der Waals surface area (Å²) in [6.45, 7) is 3.43. The van der Waals surface area contributed by atoms with Crippen LogP contribution in [0.1, 0.15) is 35.8 Å². The molecule has 0 spiro atoms. The zero-order valence-corrected chi connectivity index (χ0v) is 12.5. The third-order valence-electron chi connectivity index (χ3n) is 4.04. The number of H-pyrrole nitrogens is 1. The lowest BCUT2D eigenvalue weighted by molar-refractivity contribution is -0.0238. The van der Waals surface area contributed by atoms with Gasteiger partial charge in [-0.2, -0.15) is 10.4 Å². The monoisotopic (exact) mass is 297 g/mol. The molecule has 0 amide bonds. The van der Waals surface area contributed by atoms with Crippen molar-refractivity contribution in [2.45, 2.75) is 25.9 Å². The second-order valence-corrected chi connectivity index (χ2v) is 5.55. The number of rotatable bonds is 4. The molecule has 6 heteroatoms. The van der Waals surface area contributed by atoms with E-state index >= 15 is 0 Å². The molecule has 6 nitrogen and oxygen atoms in total. The molecule has 1 saturated heterocycles. The first-order valence-corrected chi connectivity index (χ1v) is 7.50. The molecule has 0 bridgehead atoms. The second-order valence-electron chi connectivity index (χ2n) is 5.55. The molecule has 0 unspecified atom stereocenters. The van der Waals surface area contributed by atoms with E-state index in [1.807, 2.05) is 25.4 Å². The smallest absolute Gasteiger partial charge is 0.126 e. The highest BCUT2D eigenvalue weighted by atomic mass is 16.5. The number of aromatic nitrogens is 3. The van der Waals surface area contributed by atoms with Gasteiger partial charge in [-0.1, -0.05) is 0 Å². The number of pyridine rings is 1. The molecular formula is C16H19N5O. The number of hydrogen-bond acceptors (Lipinski definition) is 5. The van der Waals surface area contributed by atoms with Crippen molar-refractivity contribution in [3.8, 4) is 6.07 Å². The zero-order chi connectivity index (χ0) is 15.4. The molecule has 0 aromatic carbocycles. The fourth-order valence-electron chi connectivity index (χ4n) is 2.85. The molecule has 2 aromatic rings. The fraction of sp³-hybridized carbons (Fsp3) is 0.438. The summed E-state index contributed by atoms with van der Waals surface area (Å²) >= 11 is 0. The van der Waals surface area contributed by atoms with Gasteiger partial charge in [0.15, 0.2) is 0 Å². The molecule has 2 N–H and O–H groups in total. The van der Waals surface area contributed by atoms with Gasteiger partial charge in [-0.25, -0.2) is 4.98 Å². The van der Waals surface area contributed by atoms with E-state index < -0.39 is 0 Å². The Bertz CT molecular complexity index is 662. The molecule has 0 saturated carbocycles. The average molecular weight is 297 g/mol. The molecule has 0 radical (unpaired) electrons. The minimum Gasteiger partial charge on any atom is -0.373 e. The lowest BCUT2D eigenvalue weighted by atomic mass is 9.91. The van der Waals surface area contributed by atoms with E-state index in [1.165, 1.54) is 0 Å². The van der Waals surface area contributed by atoms with E-state index in [1.54, 1.807) is 6.07 Å². The van der Waals surface area contributed by atoms with Crippen LogP contribution < -0.4 is 5.32 Å². The van der Waals surface area contributed by atoms with E-state index in [-0.39, 0.29) is 6.10 Å².